The normalized spacial score (nSPS) is 10.3. The van der Waals surface area contributed by atoms with Crippen LogP contribution in [0.3, 0.4) is 0 Å². The van der Waals surface area contributed by atoms with Gasteiger partial charge in [0.05, 0.1) is 27.0 Å². The number of carbonyl (C=O) groups excluding carboxylic acids is 1. The Morgan fingerprint density at radius 3 is 2.28 bits per heavy atom. The van der Waals surface area contributed by atoms with Gasteiger partial charge in [0.15, 0.2) is 0 Å². The van der Waals surface area contributed by atoms with Gasteiger partial charge in [-0.2, -0.15) is 0 Å². The van der Waals surface area contributed by atoms with Crippen molar-refractivity contribution in [3.63, 3.8) is 0 Å². The van der Waals surface area contributed by atoms with Crippen molar-refractivity contribution in [1.82, 2.24) is 10.6 Å². The number of anilines is 2. The Labute approximate surface area is 164 Å². The molecule has 7 heteroatoms. The molecule has 0 aliphatic carbocycles. The number of benzene rings is 2. The van der Waals surface area contributed by atoms with Crippen LogP contribution >= 0.6 is 35.6 Å². The highest BCUT2D eigenvalue weighted by Gasteiger charge is 2.13. The van der Waals surface area contributed by atoms with Gasteiger partial charge in [-0.3, -0.25) is 4.79 Å². The highest BCUT2D eigenvalue weighted by Crippen LogP contribution is 2.33. The number of para-hydroxylation sites is 2. The molecule has 2 aromatic rings. The Kier molecular flexibility index (Phi) is 9.08. The van der Waals surface area contributed by atoms with Crippen LogP contribution in [0, 0.1) is 0 Å². The van der Waals surface area contributed by atoms with E-state index in [0.29, 0.717) is 39.6 Å². The molecule has 0 bridgehead atoms. The van der Waals surface area contributed by atoms with Crippen LogP contribution in [0.4, 0.5) is 11.4 Å². The summed E-state index contributed by atoms with van der Waals surface area (Å²) in [6.07, 6.45) is 0. The van der Waals surface area contributed by atoms with Crippen molar-refractivity contribution in [2.24, 2.45) is 0 Å². The zero-order chi connectivity index (χ0) is 17.5. The van der Waals surface area contributed by atoms with E-state index in [4.69, 9.17) is 23.2 Å². The van der Waals surface area contributed by atoms with Gasteiger partial charge < -0.3 is 16.0 Å². The summed E-state index contributed by atoms with van der Waals surface area (Å²) in [6.45, 7) is 5.40. The van der Waals surface area contributed by atoms with Crippen LogP contribution in [0.5, 0.6) is 0 Å². The second-order valence-electron chi connectivity index (χ2n) is 5.63. The van der Waals surface area contributed by atoms with E-state index in [1.54, 1.807) is 24.3 Å². The molecule has 2 aromatic carbocycles. The molecule has 0 heterocycles. The van der Waals surface area contributed by atoms with E-state index in [-0.39, 0.29) is 18.3 Å². The van der Waals surface area contributed by atoms with Gasteiger partial charge in [-0.25, -0.2) is 0 Å². The largest absolute Gasteiger partial charge is 0.352 e. The molecule has 0 unspecified atom stereocenters. The van der Waals surface area contributed by atoms with Gasteiger partial charge in [0.25, 0.3) is 5.91 Å². The van der Waals surface area contributed by atoms with Crippen LogP contribution in [-0.4, -0.2) is 25.0 Å². The standard InChI is InChI=1S/C18H21Cl2N3O.ClH/c1-12(2)21-10-11-22-18(24)13-6-3-4-9-16(13)23-17-14(19)7-5-8-15(17)20;/h3-9,12,21,23H,10-11H2,1-2H3,(H,22,24);1H. The third-order valence-electron chi connectivity index (χ3n) is 3.36. The number of nitrogens with one attached hydrogen (secondary N) is 3. The molecular weight excluding hydrogens is 381 g/mol. The summed E-state index contributed by atoms with van der Waals surface area (Å²) < 4.78 is 0. The topological polar surface area (TPSA) is 53.2 Å². The van der Waals surface area contributed by atoms with Crippen LogP contribution in [0.15, 0.2) is 42.5 Å². The molecule has 136 valence electrons. The number of carbonyl (C=O) groups is 1. The molecule has 4 nitrogen and oxygen atoms in total. The minimum atomic E-state index is -0.146. The van der Waals surface area contributed by atoms with Gasteiger partial charge in [-0.05, 0) is 24.3 Å². The van der Waals surface area contributed by atoms with E-state index in [9.17, 15) is 4.79 Å². The van der Waals surface area contributed by atoms with Gasteiger partial charge in [-0.15, -0.1) is 12.4 Å². The van der Waals surface area contributed by atoms with Gasteiger partial charge in [0, 0.05) is 19.1 Å². The lowest BCUT2D eigenvalue weighted by molar-refractivity contribution is 0.0954. The average Bonchev–Trinajstić information content (AvgIpc) is 2.55. The summed E-state index contributed by atoms with van der Waals surface area (Å²) in [6, 6.07) is 12.9. The van der Waals surface area contributed by atoms with Crippen molar-refractivity contribution in [3.8, 4) is 0 Å². The fourth-order valence-corrected chi connectivity index (χ4v) is 2.67. The molecule has 0 atom stereocenters. The number of hydrogen-bond donors (Lipinski definition) is 3. The summed E-state index contributed by atoms with van der Waals surface area (Å²) in [7, 11) is 0. The summed E-state index contributed by atoms with van der Waals surface area (Å²) in [5.41, 5.74) is 1.78. The second-order valence-corrected chi connectivity index (χ2v) is 6.45. The highest BCUT2D eigenvalue weighted by atomic mass is 35.5. The first-order valence-corrected chi connectivity index (χ1v) is 8.56. The third-order valence-corrected chi connectivity index (χ3v) is 3.99. The Morgan fingerprint density at radius 2 is 1.64 bits per heavy atom. The molecule has 3 N–H and O–H groups in total. The Bertz CT molecular complexity index is 687. The van der Waals surface area contributed by atoms with E-state index in [0.717, 1.165) is 6.54 Å². The monoisotopic (exact) mass is 401 g/mol. The Hall–Kier alpha value is -1.46. The molecule has 0 aliphatic rings. The fourth-order valence-electron chi connectivity index (χ4n) is 2.17. The Morgan fingerprint density at radius 1 is 1.00 bits per heavy atom. The maximum Gasteiger partial charge on any atom is 0.253 e. The van der Waals surface area contributed by atoms with E-state index in [1.165, 1.54) is 0 Å². The quantitative estimate of drug-likeness (QED) is 0.578. The number of hydrogen-bond acceptors (Lipinski definition) is 3. The van der Waals surface area contributed by atoms with Crippen molar-refractivity contribution in [3.05, 3.63) is 58.1 Å². The molecule has 0 fully saturated rings. The van der Waals surface area contributed by atoms with Crippen LogP contribution in [0.2, 0.25) is 10.0 Å². The molecule has 25 heavy (non-hydrogen) atoms. The SMILES string of the molecule is CC(C)NCCNC(=O)c1ccccc1Nc1c(Cl)cccc1Cl.Cl. The lowest BCUT2D eigenvalue weighted by atomic mass is 10.1. The zero-order valence-electron chi connectivity index (χ0n) is 14.1. The molecule has 0 aromatic heterocycles. The zero-order valence-corrected chi connectivity index (χ0v) is 16.4. The van der Waals surface area contributed by atoms with E-state index < -0.39 is 0 Å². The van der Waals surface area contributed by atoms with E-state index >= 15 is 0 Å². The summed E-state index contributed by atoms with van der Waals surface area (Å²) in [4.78, 5) is 12.4. The second kappa shape index (κ2) is 10.5. The van der Waals surface area contributed by atoms with Gasteiger partial charge in [0.2, 0.25) is 0 Å². The van der Waals surface area contributed by atoms with Gasteiger partial charge in [-0.1, -0.05) is 55.2 Å². The van der Waals surface area contributed by atoms with E-state index in [1.807, 2.05) is 18.2 Å². The first-order chi connectivity index (χ1) is 11.5. The van der Waals surface area contributed by atoms with E-state index in [2.05, 4.69) is 29.8 Å². The third kappa shape index (κ3) is 6.40. The summed E-state index contributed by atoms with van der Waals surface area (Å²) in [5, 5.41) is 10.3. The summed E-state index contributed by atoms with van der Waals surface area (Å²) >= 11 is 12.4. The van der Waals surface area contributed by atoms with Crippen molar-refractivity contribution < 1.29 is 4.79 Å². The van der Waals surface area contributed by atoms with Crippen LogP contribution < -0.4 is 16.0 Å². The maximum atomic E-state index is 12.4. The maximum absolute atomic E-state index is 12.4. The Balaban J connectivity index is 0.00000312. The number of halogens is 3. The lowest BCUT2D eigenvalue weighted by Gasteiger charge is -2.15. The van der Waals surface area contributed by atoms with Crippen LogP contribution in [-0.2, 0) is 0 Å². The van der Waals surface area contributed by atoms with Crippen molar-refractivity contribution in [2.75, 3.05) is 18.4 Å². The first-order valence-electron chi connectivity index (χ1n) is 7.80. The molecule has 2 rings (SSSR count). The molecule has 0 saturated carbocycles. The van der Waals surface area contributed by atoms with Gasteiger partial charge in [0.1, 0.15) is 0 Å². The highest BCUT2D eigenvalue weighted by molar-refractivity contribution is 6.39. The predicted molar refractivity (Wildman–Crippen MR) is 109 cm³/mol. The average molecular weight is 403 g/mol. The molecule has 0 saturated heterocycles. The smallest absolute Gasteiger partial charge is 0.253 e. The van der Waals surface area contributed by atoms with Crippen molar-refractivity contribution in [1.29, 1.82) is 0 Å². The minimum Gasteiger partial charge on any atom is -0.352 e. The first kappa shape index (κ1) is 21.6. The fraction of sp³-hybridized carbons (Fsp3) is 0.278. The molecule has 0 aliphatic heterocycles. The van der Waals surface area contributed by atoms with Crippen molar-refractivity contribution in [2.45, 2.75) is 19.9 Å². The predicted octanol–water partition coefficient (Wildman–Crippen LogP) is 4.89. The minimum absolute atomic E-state index is 0. The molecule has 0 radical (unpaired) electrons. The lowest BCUT2D eigenvalue weighted by Crippen LogP contribution is -2.34. The van der Waals surface area contributed by atoms with Gasteiger partial charge >= 0.3 is 0 Å². The number of amides is 1. The van der Waals surface area contributed by atoms with Crippen LogP contribution in [0.1, 0.15) is 24.2 Å². The van der Waals surface area contributed by atoms with Crippen molar-refractivity contribution >= 4 is 52.9 Å². The summed E-state index contributed by atoms with van der Waals surface area (Å²) in [5.74, 6) is -0.146. The molecular formula is C18H22Cl3N3O. The van der Waals surface area contributed by atoms with Crippen LogP contribution in [0.25, 0.3) is 0 Å². The molecule has 1 amide bonds. The molecule has 0 spiro atoms. The number of rotatable bonds is 7.